The summed E-state index contributed by atoms with van der Waals surface area (Å²) in [6.07, 6.45) is 1.87. The zero-order valence-electron chi connectivity index (χ0n) is 20.9. The lowest BCUT2D eigenvalue weighted by molar-refractivity contribution is -0.127. The fourth-order valence-electron chi connectivity index (χ4n) is 4.37. The molecule has 0 N–H and O–H groups in total. The lowest BCUT2D eigenvalue weighted by Crippen LogP contribution is -2.43. The Hall–Kier alpha value is -2.92. The van der Waals surface area contributed by atoms with E-state index in [1.807, 2.05) is 57.2 Å². The van der Waals surface area contributed by atoms with Crippen LogP contribution in [-0.4, -0.2) is 42.7 Å². The van der Waals surface area contributed by atoms with Crippen molar-refractivity contribution in [3.8, 4) is 11.5 Å². The Morgan fingerprint density at radius 3 is 2.56 bits per heavy atom. The van der Waals surface area contributed by atoms with E-state index in [0.717, 1.165) is 9.13 Å². The van der Waals surface area contributed by atoms with Gasteiger partial charge in [0.15, 0.2) is 4.80 Å². The molecule has 36 heavy (non-hydrogen) atoms. The summed E-state index contributed by atoms with van der Waals surface area (Å²) in [6, 6.07) is 12.6. The van der Waals surface area contributed by atoms with Crippen LogP contribution in [0.3, 0.4) is 0 Å². The Kier molecular flexibility index (Phi) is 7.99. The normalized spacial score (nSPS) is 15.4. The molecule has 1 aromatic heterocycles. The van der Waals surface area contributed by atoms with Gasteiger partial charge in [0.2, 0.25) is 0 Å². The fraction of sp³-hybridized carbons (Fsp3) is 0.296. The van der Waals surface area contributed by atoms with Gasteiger partial charge in [-0.3, -0.25) is 14.2 Å². The number of allylic oxidation sites excluding steroid dienone is 1. The SMILES string of the molecule is CCN(CC)C(=O)C1=C(C)N=c2s/c(=C/c3cccc(I)c3)c(=O)n2[C@@H]1c1cc(OC)ccc1OC. The van der Waals surface area contributed by atoms with Gasteiger partial charge in [0.1, 0.15) is 17.5 Å². The summed E-state index contributed by atoms with van der Waals surface area (Å²) in [5, 5.41) is 0. The van der Waals surface area contributed by atoms with Crippen LogP contribution < -0.4 is 24.4 Å². The molecule has 1 aliphatic heterocycles. The minimum Gasteiger partial charge on any atom is -0.497 e. The summed E-state index contributed by atoms with van der Waals surface area (Å²) in [4.78, 5) is 34.7. The number of hydrogen-bond donors (Lipinski definition) is 0. The lowest BCUT2D eigenvalue weighted by Gasteiger charge is -2.30. The number of rotatable bonds is 7. The molecule has 0 unspecified atom stereocenters. The summed E-state index contributed by atoms with van der Waals surface area (Å²) in [5.74, 6) is 1.02. The van der Waals surface area contributed by atoms with Gasteiger partial charge in [-0.2, -0.15) is 0 Å². The second kappa shape index (κ2) is 11.0. The van der Waals surface area contributed by atoms with Gasteiger partial charge in [0.25, 0.3) is 11.5 Å². The second-order valence-electron chi connectivity index (χ2n) is 8.22. The number of fused-ring (bicyclic) bond motifs is 1. The molecule has 7 nitrogen and oxygen atoms in total. The van der Waals surface area contributed by atoms with Crippen LogP contribution in [0.2, 0.25) is 0 Å². The molecule has 0 saturated carbocycles. The highest BCUT2D eigenvalue weighted by atomic mass is 127. The van der Waals surface area contributed by atoms with Crippen LogP contribution in [0.25, 0.3) is 6.08 Å². The molecule has 188 valence electrons. The van der Waals surface area contributed by atoms with Crippen molar-refractivity contribution in [3.05, 3.63) is 88.1 Å². The molecular formula is C27H28IN3O4S. The summed E-state index contributed by atoms with van der Waals surface area (Å²) in [5.41, 5.74) is 2.44. The highest BCUT2D eigenvalue weighted by Gasteiger charge is 2.36. The molecule has 0 radical (unpaired) electrons. The first-order valence-electron chi connectivity index (χ1n) is 11.6. The highest BCUT2D eigenvalue weighted by molar-refractivity contribution is 14.1. The van der Waals surface area contributed by atoms with E-state index in [0.29, 0.717) is 50.8 Å². The maximum Gasteiger partial charge on any atom is 0.271 e. The van der Waals surface area contributed by atoms with Gasteiger partial charge in [-0.15, -0.1) is 0 Å². The average Bonchev–Trinajstić information content (AvgIpc) is 3.17. The maximum atomic E-state index is 13.9. The zero-order valence-corrected chi connectivity index (χ0v) is 23.8. The number of halogens is 1. The van der Waals surface area contributed by atoms with Gasteiger partial charge in [0.05, 0.1) is 30.0 Å². The molecule has 0 spiro atoms. The van der Waals surface area contributed by atoms with Crippen LogP contribution in [-0.2, 0) is 4.79 Å². The van der Waals surface area contributed by atoms with Crippen molar-refractivity contribution in [2.45, 2.75) is 26.8 Å². The number of aromatic nitrogens is 1. The minimum absolute atomic E-state index is 0.150. The predicted octanol–water partition coefficient (Wildman–Crippen LogP) is 3.73. The van der Waals surface area contributed by atoms with Gasteiger partial charge in [-0.1, -0.05) is 23.5 Å². The molecule has 1 amide bonds. The molecule has 4 rings (SSSR count). The summed E-state index contributed by atoms with van der Waals surface area (Å²) in [6.45, 7) is 6.80. The van der Waals surface area contributed by atoms with E-state index in [9.17, 15) is 9.59 Å². The molecule has 9 heteroatoms. The molecule has 1 aliphatic rings. The third-order valence-corrected chi connectivity index (χ3v) is 7.83. The van der Waals surface area contributed by atoms with Crippen LogP contribution >= 0.6 is 33.9 Å². The van der Waals surface area contributed by atoms with Crippen molar-refractivity contribution in [1.29, 1.82) is 0 Å². The van der Waals surface area contributed by atoms with Crippen LogP contribution in [0.5, 0.6) is 11.5 Å². The van der Waals surface area contributed by atoms with Crippen molar-refractivity contribution >= 4 is 45.9 Å². The van der Waals surface area contributed by atoms with Crippen molar-refractivity contribution < 1.29 is 14.3 Å². The largest absolute Gasteiger partial charge is 0.497 e. The maximum absolute atomic E-state index is 13.9. The van der Waals surface area contributed by atoms with E-state index in [2.05, 4.69) is 22.6 Å². The van der Waals surface area contributed by atoms with Crippen molar-refractivity contribution in [1.82, 2.24) is 9.47 Å². The number of nitrogens with zero attached hydrogens (tertiary/aromatic N) is 3. The number of ether oxygens (including phenoxy) is 2. The van der Waals surface area contributed by atoms with Gasteiger partial charge in [-0.25, -0.2) is 4.99 Å². The molecule has 0 saturated heterocycles. The van der Waals surface area contributed by atoms with Crippen molar-refractivity contribution in [2.75, 3.05) is 27.3 Å². The minimum atomic E-state index is -0.711. The molecule has 0 fully saturated rings. The zero-order chi connectivity index (χ0) is 26.0. The quantitative estimate of drug-likeness (QED) is 0.379. The van der Waals surface area contributed by atoms with E-state index in [-0.39, 0.29) is 11.5 Å². The van der Waals surface area contributed by atoms with Crippen LogP contribution in [0.1, 0.15) is 37.9 Å². The van der Waals surface area contributed by atoms with E-state index in [1.165, 1.54) is 11.3 Å². The Balaban J connectivity index is 2.03. The molecule has 1 atom stereocenters. The fourth-order valence-corrected chi connectivity index (χ4v) is 5.99. The number of thiazole rings is 1. The number of hydrogen-bond acceptors (Lipinski definition) is 6. The number of amides is 1. The average molecular weight is 618 g/mol. The first-order valence-corrected chi connectivity index (χ1v) is 13.5. The summed E-state index contributed by atoms with van der Waals surface area (Å²) < 4.78 is 14.4. The van der Waals surface area contributed by atoms with Crippen molar-refractivity contribution in [3.63, 3.8) is 0 Å². The highest BCUT2D eigenvalue weighted by Crippen LogP contribution is 2.38. The Morgan fingerprint density at radius 2 is 1.92 bits per heavy atom. The molecular weight excluding hydrogens is 589 g/mol. The molecule has 2 aromatic carbocycles. The number of carbonyl (C=O) groups is 1. The van der Waals surface area contributed by atoms with Crippen LogP contribution in [0.15, 0.2) is 63.5 Å². The van der Waals surface area contributed by atoms with E-state index in [1.54, 1.807) is 35.8 Å². The van der Waals surface area contributed by atoms with E-state index in [4.69, 9.17) is 14.5 Å². The van der Waals surface area contributed by atoms with Gasteiger partial charge in [0, 0.05) is 22.2 Å². The Morgan fingerprint density at radius 1 is 1.17 bits per heavy atom. The van der Waals surface area contributed by atoms with E-state index < -0.39 is 6.04 Å². The number of carbonyl (C=O) groups excluding carboxylic acids is 1. The number of benzene rings is 2. The van der Waals surface area contributed by atoms with Gasteiger partial charge < -0.3 is 14.4 Å². The number of likely N-dealkylation sites (N-methyl/N-ethyl adjacent to an activating group) is 1. The summed E-state index contributed by atoms with van der Waals surface area (Å²) in [7, 11) is 3.16. The Labute approximate surface area is 227 Å². The molecule has 2 heterocycles. The van der Waals surface area contributed by atoms with Gasteiger partial charge >= 0.3 is 0 Å². The lowest BCUT2D eigenvalue weighted by atomic mass is 9.93. The topological polar surface area (TPSA) is 73.1 Å². The first kappa shape index (κ1) is 26.2. The first-order chi connectivity index (χ1) is 17.3. The molecule has 0 bridgehead atoms. The third-order valence-electron chi connectivity index (χ3n) is 6.18. The predicted molar refractivity (Wildman–Crippen MR) is 150 cm³/mol. The summed E-state index contributed by atoms with van der Waals surface area (Å²) >= 11 is 3.57. The smallest absolute Gasteiger partial charge is 0.271 e. The second-order valence-corrected chi connectivity index (χ2v) is 10.5. The number of methoxy groups -OCH3 is 2. The van der Waals surface area contributed by atoms with Crippen LogP contribution in [0, 0.1) is 3.57 Å². The van der Waals surface area contributed by atoms with E-state index >= 15 is 0 Å². The van der Waals surface area contributed by atoms with Gasteiger partial charge in [-0.05, 0) is 85.3 Å². The monoisotopic (exact) mass is 617 g/mol. The molecule has 3 aromatic rings. The standard InChI is InChI=1S/C27H28IN3O4S/c1-6-30(7-2)26(33)23-16(3)29-27-31(24(23)20-15-19(34-4)11-12-21(20)35-5)25(32)22(36-27)14-17-9-8-10-18(28)13-17/h8-15,24H,6-7H2,1-5H3/b22-14+/t24-/m1/s1. The molecule has 0 aliphatic carbocycles. The van der Waals surface area contributed by atoms with Crippen molar-refractivity contribution in [2.24, 2.45) is 4.99 Å². The van der Waals surface area contributed by atoms with Crippen LogP contribution in [0.4, 0.5) is 0 Å². The Bertz CT molecular complexity index is 1520. The third kappa shape index (κ3) is 4.86.